The average molecular weight is 308 g/mol. The fraction of sp³-hybridized carbons (Fsp3) is 0.500. The maximum atomic E-state index is 12.8. The predicted octanol–water partition coefficient (Wildman–Crippen LogP) is 2.42. The Labute approximate surface area is 118 Å². The highest BCUT2D eigenvalue weighted by atomic mass is 19.4. The SMILES string of the molecule is COCC(CCO)Nc1ccc([N+](=O)[O-])c(C(F)(F)F)c1. The van der Waals surface area contributed by atoms with Gasteiger partial charge in [-0.1, -0.05) is 0 Å². The molecule has 0 bridgehead atoms. The van der Waals surface area contributed by atoms with Crippen molar-refractivity contribution in [1.29, 1.82) is 0 Å². The van der Waals surface area contributed by atoms with Crippen LogP contribution in [0.25, 0.3) is 0 Å². The molecule has 9 heteroatoms. The second-order valence-electron chi connectivity index (χ2n) is 4.30. The topological polar surface area (TPSA) is 84.6 Å². The van der Waals surface area contributed by atoms with E-state index in [-0.39, 0.29) is 25.3 Å². The summed E-state index contributed by atoms with van der Waals surface area (Å²) in [4.78, 5) is 9.56. The van der Waals surface area contributed by atoms with Crippen molar-refractivity contribution in [1.82, 2.24) is 0 Å². The first-order chi connectivity index (χ1) is 9.79. The van der Waals surface area contributed by atoms with Crippen LogP contribution in [0.5, 0.6) is 0 Å². The molecule has 0 saturated carbocycles. The molecule has 0 aliphatic carbocycles. The lowest BCUT2D eigenvalue weighted by molar-refractivity contribution is -0.388. The molecule has 0 aromatic heterocycles. The van der Waals surface area contributed by atoms with Gasteiger partial charge >= 0.3 is 6.18 Å². The molecule has 1 atom stereocenters. The summed E-state index contributed by atoms with van der Waals surface area (Å²) in [7, 11) is 1.42. The van der Waals surface area contributed by atoms with E-state index < -0.39 is 28.4 Å². The number of rotatable bonds is 7. The number of hydrogen-bond acceptors (Lipinski definition) is 5. The zero-order valence-electron chi connectivity index (χ0n) is 11.2. The highest BCUT2D eigenvalue weighted by Crippen LogP contribution is 2.37. The number of benzene rings is 1. The van der Waals surface area contributed by atoms with Crippen LogP contribution < -0.4 is 5.32 Å². The molecule has 1 unspecified atom stereocenters. The molecule has 1 aromatic rings. The number of alkyl halides is 3. The summed E-state index contributed by atoms with van der Waals surface area (Å²) in [5, 5.41) is 22.3. The Kier molecular flexibility index (Phi) is 5.91. The highest BCUT2D eigenvalue weighted by molar-refractivity contribution is 5.55. The van der Waals surface area contributed by atoms with Gasteiger partial charge in [-0.15, -0.1) is 0 Å². The van der Waals surface area contributed by atoms with E-state index >= 15 is 0 Å². The lowest BCUT2D eigenvalue weighted by Gasteiger charge is -2.19. The minimum atomic E-state index is -4.83. The fourth-order valence-corrected chi connectivity index (χ4v) is 1.80. The first kappa shape index (κ1) is 17.2. The number of nitrogens with one attached hydrogen (secondary N) is 1. The monoisotopic (exact) mass is 308 g/mol. The molecule has 1 rings (SSSR count). The molecule has 21 heavy (non-hydrogen) atoms. The number of halogens is 3. The normalized spacial score (nSPS) is 13.0. The number of methoxy groups -OCH3 is 1. The first-order valence-electron chi connectivity index (χ1n) is 6.01. The molecule has 0 saturated heterocycles. The van der Waals surface area contributed by atoms with Gasteiger partial charge in [0.15, 0.2) is 0 Å². The van der Waals surface area contributed by atoms with E-state index in [2.05, 4.69) is 5.32 Å². The zero-order chi connectivity index (χ0) is 16.0. The van der Waals surface area contributed by atoms with Gasteiger partial charge in [-0.25, -0.2) is 0 Å². The molecule has 1 aromatic carbocycles. The Morgan fingerprint density at radius 2 is 2.14 bits per heavy atom. The van der Waals surface area contributed by atoms with Crippen LogP contribution in [0, 0.1) is 10.1 Å². The van der Waals surface area contributed by atoms with Crippen LogP contribution >= 0.6 is 0 Å². The van der Waals surface area contributed by atoms with E-state index in [0.717, 1.165) is 6.07 Å². The van der Waals surface area contributed by atoms with E-state index in [0.29, 0.717) is 6.07 Å². The molecule has 0 amide bonds. The van der Waals surface area contributed by atoms with Crippen molar-refractivity contribution >= 4 is 11.4 Å². The number of nitro groups is 1. The van der Waals surface area contributed by atoms with Crippen LogP contribution in [0.15, 0.2) is 18.2 Å². The standard InChI is InChI=1S/C12H15F3N2O4/c1-21-7-9(4-5-18)16-8-2-3-11(17(19)20)10(6-8)12(13,14)15/h2-3,6,9,16,18H,4-5,7H2,1H3. The van der Waals surface area contributed by atoms with Crippen molar-refractivity contribution in [2.75, 3.05) is 25.6 Å². The van der Waals surface area contributed by atoms with Crippen molar-refractivity contribution in [3.63, 3.8) is 0 Å². The van der Waals surface area contributed by atoms with Gasteiger partial charge in [0, 0.05) is 25.5 Å². The summed E-state index contributed by atoms with van der Waals surface area (Å²) < 4.78 is 43.4. The summed E-state index contributed by atoms with van der Waals surface area (Å²) in [6.07, 6.45) is -4.56. The molecule has 2 N–H and O–H groups in total. The van der Waals surface area contributed by atoms with Crippen LogP contribution in [-0.2, 0) is 10.9 Å². The van der Waals surface area contributed by atoms with Crippen molar-refractivity contribution in [2.24, 2.45) is 0 Å². The Morgan fingerprint density at radius 3 is 2.62 bits per heavy atom. The number of nitro benzene ring substituents is 1. The molecule has 0 aliphatic heterocycles. The van der Waals surface area contributed by atoms with Gasteiger partial charge in [-0.05, 0) is 18.6 Å². The van der Waals surface area contributed by atoms with Crippen molar-refractivity contribution < 1.29 is 27.9 Å². The Balaban J connectivity index is 3.07. The van der Waals surface area contributed by atoms with E-state index in [1.54, 1.807) is 0 Å². The number of hydrogen-bond donors (Lipinski definition) is 2. The second kappa shape index (κ2) is 7.23. The van der Waals surface area contributed by atoms with Crippen molar-refractivity contribution in [2.45, 2.75) is 18.6 Å². The van der Waals surface area contributed by atoms with Crippen molar-refractivity contribution in [3.05, 3.63) is 33.9 Å². The van der Waals surface area contributed by atoms with Crippen molar-refractivity contribution in [3.8, 4) is 0 Å². The number of aliphatic hydroxyl groups is 1. The fourth-order valence-electron chi connectivity index (χ4n) is 1.80. The number of nitrogens with zero attached hydrogens (tertiary/aromatic N) is 1. The van der Waals surface area contributed by atoms with Crippen LogP contribution in [-0.4, -0.2) is 36.4 Å². The predicted molar refractivity (Wildman–Crippen MR) is 69.1 cm³/mol. The molecule has 0 heterocycles. The quantitative estimate of drug-likeness (QED) is 0.597. The molecular weight excluding hydrogens is 293 g/mol. The largest absolute Gasteiger partial charge is 0.423 e. The maximum Gasteiger partial charge on any atom is 0.423 e. The third-order valence-corrected chi connectivity index (χ3v) is 2.71. The molecule has 6 nitrogen and oxygen atoms in total. The average Bonchev–Trinajstić information content (AvgIpc) is 2.38. The van der Waals surface area contributed by atoms with Crippen LogP contribution in [0.4, 0.5) is 24.5 Å². The van der Waals surface area contributed by atoms with Gasteiger partial charge in [0.2, 0.25) is 0 Å². The molecule has 0 radical (unpaired) electrons. The van der Waals surface area contributed by atoms with E-state index in [1.807, 2.05) is 0 Å². The first-order valence-corrected chi connectivity index (χ1v) is 6.01. The van der Waals surface area contributed by atoms with E-state index in [9.17, 15) is 23.3 Å². The lowest BCUT2D eigenvalue weighted by atomic mass is 10.1. The minimum absolute atomic E-state index is 0.0726. The minimum Gasteiger partial charge on any atom is -0.396 e. The number of ether oxygens (including phenoxy) is 1. The van der Waals surface area contributed by atoms with Gasteiger partial charge in [0.25, 0.3) is 5.69 Å². The molecule has 0 spiro atoms. The van der Waals surface area contributed by atoms with Gasteiger partial charge in [-0.3, -0.25) is 10.1 Å². The van der Waals surface area contributed by atoms with Gasteiger partial charge in [0.05, 0.1) is 17.6 Å². The third kappa shape index (κ3) is 4.87. The smallest absolute Gasteiger partial charge is 0.396 e. The van der Waals surface area contributed by atoms with Crippen LogP contribution in [0.1, 0.15) is 12.0 Å². The second-order valence-corrected chi connectivity index (χ2v) is 4.30. The molecular formula is C12H15F3N2O4. The molecule has 0 aliphatic rings. The lowest BCUT2D eigenvalue weighted by Crippen LogP contribution is -2.26. The number of anilines is 1. The Bertz CT molecular complexity index is 488. The van der Waals surface area contributed by atoms with Crippen LogP contribution in [0.3, 0.4) is 0 Å². The molecule has 0 fully saturated rings. The van der Waals surface area contributed by atoms with Crippen LogP contribution in [0.2, 0.25) is 0 Å². The Hall–Kier alpha value is -1.87. The number of aliphatic hydroxyl groups excluding tert-OH is 1. The van der Waals surface area contributed by atoms with Gasteiger partial charge < -0.3 is 15.2 Å². The summed E-state index contributed by atoms with van der Waals surface area (Å²) in [6, 6.07) is 2.27. The summed E-state index contributed by atoms with van der Waals surface area (Å²) in [5.41, 5.74) is -2.25. The third-order valence-electron chi connectivity index (χ3n) is 2.71. The summed E-state index contributed by atoms with van der Waals surface area (Å²) >= 11 is 0. The highest BCUT2D eigenvalue weighted by Gasteiger charge is 2.38. The zero-order valence-corrected chi connectivity index (χ0v) is 11.2. The molecule has 118 valence electrons. The van der Waals surface area contributed by atoms with Gasteiger partial charge in [-0.2, -0.15) is 13.2 Å². The summed E-state index contributed by atoms with van der Waals surface area (Å²) in [5.74, 6) is 0. The Morgan fingerprint density at radius 1 is 1.48 bits per heavy atom. The van der Waals surface area contributed by atoms with E-state index in [4.69, 9.17) is 9.84 Å². The summed E-state index contributed by atoms with van der Waals surface area (Å²) in [6.45, 7) is 0.0129. The maximum absolute atomic E-state index is 12.8. The van der Waals surface area contributed by atoms with E-state index in [1.165, 1.54) is 13.2 Å². The van der Waals surface area contributed by atoms with Gasteiger partial charge in [0.1, 0.15) is 5.56 Å².